The number of hydrogen-bond donors (Lipinski definition) is 1. The normalized spacial score (nSPS) is 27.9. The molecule has 1 N–H and O–H groups in total. The Bertz CT molecular complexity index is 811. The average Bonchev–Trinajstić information content (AvgIpc) is 3.02. The third-order valence-electron chi connectivity index (χ3n) is 4.38. The molecular weight excluding hydrogens is 354 g/mol. The van der Waals surface area contributed by atoms with Crippen LogP contribution in [0.3, 0.4) is 0 Å². The number of hydrogen-bond acceptors (Lipinski definition) is 9. The van der Waals surface area contributed by atoms with Gasteiger partial charge in [0.2, 0.25) is 5.95 Å². The first-order valence-corrected chi connectivity index (χ1v) is 11.6. The number of nitrogens with zero attached hydrogens (tertiary/aromatic N) is 4. The third-order valence-corrected chi connectivity index (χ3v) is 7.90. The van der Waals surface area contributed by atoms with E-state index >= 15 is 0 Å². The molecule has 0 amide bonds. The van der Waals surface area contributed by atoms with Gasteiger partial charge in [0.15, 0.2) is 25.5 Å². The highest BCUT2D eigenvalue weighted by Gasteiger charge is 2.33. The number of nitrogens with one attached hydrogen (secondary N) is 1. The molecule has 3 heterocycles. The van der Waals surface area contributed by atoms with E-state index in [-0.39, 0.29) is 35.1 Å². The molecule has 1 aromatic rings. The molecule has 2 aliphatic rings. The van der Waals surface area contributed by atoms with E-state index in [4.69, 9.17) is 0 Å². The summed E-state index contributed by atoms with van der Waals surface area (Å²) in [5.74, 6) is 1.37. The average molecular weight is 375 g/mol. The van der Waals surface area contributed by atoms with Gasteiger partial charge in [0.1, 0.15) is 0 Å². The van der Waals surface area contributed by atoms with Gasteiger partial charge >= 0.3 is 0 Å². The van der Waals surface area contributed by atoms with Crippen LogP contribution in [0.15, 0.2) is 6.20 Å². The van der Waals surface area contributed by atoms with Crippen LogP contribution < -0.4 is 10.2 Å². The summed E-state index contributed by atoms with van der Waals surface area (Å²) in [6, 6.07) is -0.328. The number of rotatable bonds is 5. The maximum atomic E-state index is 11.7. The summed E-state index contributed by atoms with van der Waals surface area (Å²) < 4.78 is 46.5. The molecule has 0 aromatic carbocycles. The van der Waals surface area contributed by atoms with Crippen molar-refractivity contribution in [2.75, 3.05) is 39.8 Å². The van der Waals surface area contributed by atoms with Gasteiger partial charge in [0.05, 0.1) is 29.2 Å². The molecule has 24 heavy (non-hydrogen) atoms. The zero-order valence-corrected chi connectivity index (χ0v) is 15.1. The van der Waals surface area contributed by atoms with Crippen LogP contribution in [-0.4, -0.2) is 73.7 Å². The summed E-state index contributed by atoms with van der Waals surface area (Å²) in [6.45, 7) is 2.49. The fraction of sp³-hybridized carbons (Fsp3) is 0.769. The van der Waals surface area contributed by atoms with Crippen molar-refractivity contribution in [3.8, 4) is 0 Å². The van der Waals surface area contributed by atoms with Gasteiger partial charge in [0, 0.05) is 18.6 Å². The second-order valence-corrected chi connectivity index (χ2v) is 10.7. The third kappa shape index (κ3) is 3.94. The van der Waals surface area contributed by atoms with Crippen molar-refractivity contribution < 1.29 is 16.8 Å². The van der Waals surface area contributed by atoms with Crippen molar-refractivity contribution >= 4 is 31.4 Å². The molecule has 0 aliphatic carbocycles. The lowest BCUT2D eigenvalue weighted by atomic mass is 10.2. The second kappa shape index (κ2) is 6.43. The summed E-state index contributed by atoms with van der Waals surface area (Å²) in [7, 11) is -5.98. The zero-order chi connectivity index (χ0) is 17.4. The molecule has 2 aliphatic heterocycles. The molecule has 2 unspecified atom stereocenters. The minimum atomic E-state index is -3.00. The molecule has 0 saturated carbocycles. The summed E-state index contributed by atoms with van der Waals surface area (Å²) in [4.78, 5) is 6.24. The second-order valence-electron chi connectivity index (χ2n) is 6.23. The molecule has 2 atom stereocenters. The number of aromatic nitrogens is 3. The Kier molecular flexibility index (Phi) is 4.65. The minimum absolute atomic E-state index is 0.0880. The first-order valence-electron chi connectivity index (χ1n) is 7.92. The summed E-state index contributed by atoms with van der Waals surface area (Å²) in [5.41, 5.74) is 0. The van der Waals surface area contributed by atoms with Crippen molar-refractivity contribution in [3.63, 3.8) is 0 Å². The molecule has 0 bridgehead atoms. The van der Waals surface area contributed by atoms with Gasteiger partial charge in [-0.15, -0.1) is 5.10 Å². The first kappa shape index (κ1) is 17.3. The lowest BCUT2D eigenvalue weighted by molar-refractivity contribution is 0.598. The van der Waals surface area contributed by atoms with Crippen LogP contribution in [0.2, 0.25) is 0 Å². The molecule has 0 spiro atoms. The van der Waals surface area contributed by atoms with E-state index < -0.39 is 19.7 Å². The van der Waals surface area contributed by atoms with E-state index in [1.165, 1.54) is 6.20 Å². The summed E-state index contributed by atoms with van der Waals surface area (Å²) in [6.07, 6.45) is 2.55. The van der Waals surface area contributed by atoms with E-state index in [9.17, 15) is 16.8 Å². The van der Waals surface area contributed by atoms with Crippen molar-refractivity contribution in [1.29, 1.82) is 0 Å². The fourth-order valence-electron chi connectivity index (χ4n) is 3.19. The lowest BCUT2D eigenvalue weighted by Gasteiger charge is -2.26. The summed E-state index contributed by atoms with van der Waals surface area (Å²) in [5, 5.41) is 11.0. The number of sulfone groups is 2. The van der Waals surface area contributed by atoms with Crippen molar-refractivity contribution in [1.82, 2.24) is 15.2 Å². The molecule has 0 radical (unpaired) electrons. The Morgan fingerprint density at radius 3 is 2.46 bits per heavy atom. The van der Waals surface area contributed by atoms with Gasteiger partial charge in [-0.3, -0.25) is 0 Å². The van der Waals surface area contributed by atoms with Gasteiger partial charge in [-0.05, 0) is 19.8 Å². The van der Waals surface area contributed by atoms with E-state index in [2.05, 4.69) is 20.5 Å². The predicted octanol–water partition coefficient (Wildman–Crippen LogP) is -0.516. The molecular formula is C13H21N5O4S2. The topological polar surface area (TPSA) is 122 Å². The Balaban J connectivity index is 1.74. The fourth-order valence-corrected chi connectivity index (χ4v) is 6.59. The van der Waals surface area contributed by atoms with Gasteiger partial charge in [-0.1, -0.05) is 0 Å². The quantitative estimate of drug-likeness (QED) is 0.724. The first-order chi connectivity index (χ1) is 11.3. The largest absolute Gasteiger partial charge is 0.365 e. The van der Waals surface area contributed by atoms with Gasteiger partial charge < -0.3 is 10.2 Å². The van der Waals surface area contributed by atoms with Gasteiger partial charge in [0.25, 0.3) is 0 Å². The molecule has 134 valence electrons. The van der Waals surface area contributed by atoms with E-state index in [0.29, 0.717) is 31.2 Å². The van der Waals surface area contributed by atoms with Crippen LogP contribution in [0.1, 0.15) is 19.8 Å². The predicted molar refractivity (Wildman–Crippen MR) is 90.6 cm³/mol. The maximum Gasteiger partial charge on any atom is 0.247 e. The zero-order valence-electron chi connectivity index (χ0n) is 13.4. The van der Waals surface area contributed by atoms with Crippen LogP contribution in [0.4, 0.5) is 11.8 Å². The highest BCUT2D eigenvalue weighted by Crippen LogP contribution is 2.22. The standard InChI is InChI=1S/C13H21N5O4S2/c1-2-18(11-4-6-24(21,22)9-11)13-16-12(7-14-17-13)15-10-3-5-23(19,20)8-10/h7,10-11H,2-6,8-9H2,1H3,(H,15,16,17). The van der Waals surface area contributed by atoms with Crippen LogP contribution in [0.25, 0.3) is 0 Å². The SMILES string of the molecule is CCN(c1nncc(NC2CCS(=O)(=O)C2)n1)C1CCS(=O)(=O)C1. The van der Waals surface area contributed by atoms with Crippen LogP contribution in [0.5, 0.6) is 0 Å². The molecule has 1 aromatic heterocycles. The molecule has 3 rings (SSSR count). The van der Waals surface area contributed by atoms with Gasteiger partial charge in [-0.25, -0.2) is 16.8 Å². The Labute approximate surface area is 141 Å². The van der Waals surface area contributed by atoms with Crippen LogP contribution in [0, 0.1) is 0 Å². The molecule has 2 fully saturated rings. The maximum absolute atomic E-state index is 11.7. The smallest absolute Gasteiger partial charge is 0.247 e. The van der Waals surface area contributed by atoms with Crippen molar-refractivity contribution in [3.05, 3.63) is 6.20 Å². The molecule has 11 heteroatoms. The Morgan fingerprint density at radius 1 is 1.17 bits per heavy atom. The molecule has 2 saturated heterocycles. The van der Waals surface area contributed by atoms with Crippen LogP contribution in [-0.2, 0) is 19.7 Å². The monoisotopic (exact) mass is 375 g/mol. The van der Waals surface area contributed by atoms with Crippen LogP contribution >= 0.6 is 0 Å². The van der Waals surface area contributed by atoms with Crippen molar-refractivity contribution in [2.45, 2.75) is 31.8 Å². The molecule has 9 nitrogen and oxygen atoms in total. The van der Waals surface area contributed by atoms with E-state index in [1.54, 1.807) is 0 Å². The highest BCUT2D eigenvalue weighted by atomic mass is 32.2. The lowest BCUT2D eigenvalue weighted by Crippen LogP contribution is -2.37. The van der Waals surface area contributed by atoms with E-state index in [0.717, 1.165) is 0 Å². The van der Waals surface area contributed by atoms with Crippen molar-refractivity contribution in [2.24, 2.45) is 0 Å². The highest BCUT2D eigenvalue weighted by molar-refractivity contribution is 7.91. The number of anilines is 2. The Morgan fingerprint density at radius 2 is 1.88 bits per heavy atom. The Hall–Kier alpha value is -1.49. The summed E-state index contributed by atoms with van der Waals surface area (Å²) >= 11 is 0. The van der Waals surface area contributed by atoms with E-state index in [1.807, 2.05) is 11.8 Å². The minimum Gasteiger partial charge on any atom is -0.365 e. The van der Waals surface area contributed by atoms with Gasteiger partial charge in [-0.2, -0.15) is 10.1 Å².